The van der Waals surface area contributed by atoms with E-state index in [1.165, 1.54) is 56.7 Å². The van der Waals surface area contributed by atoms with Gasteiger partial charge in [0.05, 0.1) is 0 Å². The monoisotopic (exact) mass is 626 g/mol. The first kappa shape index (κ1) is 25.4. The molecule has 0 bridgehead atoms. The summed E-state index contributed by atoms with van der Waals surface area (Å²) in [6, 6.07) is 0. The first-order valence-electron chi connectivity index (χ1n) is 10.9. The van der Waals surface area contributed by atoms with Gasteiger partial charge < -0.3 is 0 Å². The molecule has 4 aliphatic heterocycles. The molecule has 0 amide bonds. The third kappa shape index (κ3) is 12.1. The van der Waals surface area contributed by atoms with Crippen molar-refractivity contribution in [2.24, 2.45) is 0 Å². The van der Waals surface area contributed by atoms with Crippen LogP contribution in [0.3, 0.4) is 0 Å². The fourth-order valence-electron chi connectivity index (χ4n) is 2.76. The fourth-order valence-corrected chi connectivity index (χ4v) is 16.7. The Morgan fingerprint density at radius 1 is 0.567 bits per heavy atom. The molecule has 0 aromatic carbocycles. The van der Waals surface area contributed by atoms with Gasteiger partial charge in [-0.2, -0.15) is 0 Å². The van der Waals surface area contributed by atoms with E-state index in [4.69, 9.17) is 18.9 Å². The molecule has 4 saturated heterocycles. The topological polar surface area (TPSA) is 50.1 Å². The van der Waals surface area contributed by atoms with Gasteiger partial charge in [-0.05, 0) is 0 Å². The Bertz CT molecular complexity index is 438. The molecule has 6 unspecified atom stereocenters. The molecule has 4 nitrogen and oxygen atoms in total. The third-order valence-electron chi connectivity index (χ3n) is 4.92. The van der Waals surface area contributed by atoms with Gasteiger partial charge in [0, 0.05) is 0 Å². The van der Waals surface area contributed by atoms with E-state index in [2.05, 4.69) is 47.0 Å². The molecule has 0 N–H and O–H groups in total. The second-order valence-corrected chi connectivity index (χ2v) is 18.0. The Balaban J connectivity index is 1.18. The number of ether oxygens (including phenoxy) is 4. The molecule has 4 aliphatic rings. The number of rotatable bonds is 21. The zero-order valence-corrected chi connectivity index (χ0v) is 24.1. The summed E-state index contributed by atoms with van der Waals surface area (Å²) in [5.41, 5.74) is 0. The Kier molecular flexibility index (Phi) is 12.4. The Morgan fingerprint density at radius 3 is 1.23 bits per heavy atom. The Hall–Kier alpha value is 2.28. The van der Waals surface area contributed by atoms with Gasteiger partial charge in [0.2, 0.25) is 0 Å². The molecule has 0 saturated carbocycles. The quantitative estimate of drug-likeness (QED) is 0.110. The summed E-state index contributed by atoms with van der Waals surface area (Å²) in [5, 5.41) is 2.85. The predicted octanol–water partition coefficient (Wildman–Crippen LogP) is 3.34. The van der Waals surface area contributed by atoms with Crippen molar-refractivity contribution in [3.05, 3.63) is 0 Å². The maximum atomic E-state index is 5.45. The van der Waals surface area contributed by atoms with Gasteiger partial charge in [-0.15, -0.1) is 0 Å². The van der Waals surface area contributed by atoms with Crippen LogP contribution in [0, 0.1) is 0 Å². The molecule has 0 radical (unpaired) electrons. The maximum absolute atomic E-state index is 5.45. The van der Waals surface area contributed by atoms with Crippen LogP contribution < -0.4 is 0 Å². The Morgan fingerprint density at radius 2 is 0.900 bits per heavy atom. The summed E-state index contributed by atoms with van der Waals surface area (Å²) in [7, 11) is 0. The van der Waals surface area contributed by atoms with Gasteiger partial charge in [-0.25, -0.2) is 0 Å². The predicted molar refractivity (Wildman–Crippen MR) is 137 cm³/mol. The second-order valence-electron chi connectivity index (χ2n) is 7.86. The summed E-state index contributed by atoms with van der Waals surface area (Å²) in [5.74, 6) is 10.2. The molecule has 0 spiro atoms. The molecule has 0 aromatic rings. The van der Waals surface area contributed by atoms with Crippen molar-refractivity contribution in [3.8, 4) is 0 Å². The molecule has 0 aliphatic carbocycles. The van der Waals surface area contributed by atoms with Crippen molar-refractivity contribution >= 4 is 77.0 Å². The van der Waals surface area contributed by atoms with Crippen LogP contribution in [-0.4, -0.2) is 127 Å². The van der Waals surface area contributed by atoms with Crippen LogP contribution in [0.2, 0.25) is 20.3 Å². The third-order valence-corrected chi connectivity index (χ3v) is 18.2. The second kappa shape index (κ2) is 14.6. The van der Waals surface area contributed by atoms with Crippen molar-refractivity contribution < 1.29 is 18.9 Å². The van der Waals surface area contributed by atoms with Crippen LogP contribution in [0.4, 0.5) is 0 Å². The molecule has 4 rings (SSSR count). The van der Waals surface area contributed by atoms with Crippen molar-refractivity contribution in [2.75, 3.05) is 72.5 Å². The number of thioether (sulfide) groups is 4. The molecule has 174 valence electrons. The average Bonchev–Trinajstić information content (AvgIpc) is 3.55. The van der Waals surface area contributed by atoms with Crippen LogP contribution in [0.25, 0.3) is 0 Å². The summed E-state index contributed by atoms with van der Waals surface area (Å²) in [4.78, 5) is 1.87. The van der Waals surface area contributed by atoms with Gasteiger partial charge in [0.1, 0.15) is 0 Å². The van der Waals surface area contributed by atoms with E-state index in [0.29, 0.717) is 24.4 Å². The van der Waals surface area contributed by atoms with Crippen molar-refractivity contribution in [2.45, 2.75) is 44.7 Å². The summed E-state index contributed by atoms with van der Waals surface area (Å²) in [6.07, 6.45) is 2.26. The number of hydrogen-bond donors (Lipinski definition) is 0. The zero-order chi connectivity index (χ0) is 20.4. The van der Waals surface area contributed by atoms with Crippen LogP contribution in [-0.2, 0) is 18.9 Å². The van der Waals surface area contributed by atoms with E-state index in [1.54, 1.807) is 0 Å². The molecule has 30 heavy (non-hydrogen) atoms. The van der Waals surface area contributed by atoms with Gasteiger partial charge in [0.15, 0.2) is 0 Å². The average molecular weight is 625 g/mol. The minimum atomic E-state index is 0.559. The van der Waals surface area contributed by atoms with E-state index in [0.717, 1.165) is 66.0 Å². The van der Waals surface area contributed by atoms with Crippen molar-refractivity contribution in [1.82, 2.24) is 0 Å². The SMILES string of the molecule is C(C[Se]C(CSCC1CO1)C(CSCC1CO1)[Se]CCSCC1CO1)SCC1CO1. The molecule has 10 heteroatoms. The summed E-state index contributed by atoms with van der Waals surface area (Å²) < 4.78 is 21.6. The van der Waals surface area contributed by atoms with Gasteiger partial charge >= 0.3 is 213 Å². The van der Waals surface area contributed by atoms with E-state index >= 15 is 0 Å². The van der Waals surface area contributed by atoms with Crippen molar-refractivity contribution in [3.63, 3.8) is 0 Å². The first-order valence-corrected chi connectivity index (χ1v) is 19.9. The van der Waals surface area contributed by atoms with E-state index in [-0.39, 0.29) is 0 Å². The molecule has 4 heterocycles. The van der Waals surface area contributed by atoms with Crippen LogP contribution in [0.5, 0.6) is 0 Å². The first-order chi connectivity index (χ1) is 14.9. The van der Waals surface area contributed by atoms with E-state index in [9.17, 15) is 0 Å². The molecule has 4 fully saturated rings. The summed E-state index contributed by atoms with van der Waals surface area (Å²) in [6.45, 7) is 3.99. The van der Waals surface area contributed by atoms with Crippen LogP contribution in [0.15, 0.2) is 0 Å². The normalized spacial score (nSPS) is 30.8. The minimum absolute atomic E-state index is 0.559. The van der Waals surface area contributed by atoms with Crippen molar-refractivity contribution in [1.29, 1.82) is 0 Å². The molecule has 6 atom stereocenters. The number of epoxide rings is 4. The summed E-state index contributed by atoms with van der Waals surface area (Å²) >= 11 is 10.1. The van der Waals surface area contributed by atoms with Crippen LogP contribution >= 0.6 is 47.0 Å². The van der Waals surface area contributed by atoms with Gasteiger partial charge in [-0.1, -0.05) is 0 Å². The zero-order valence-electron chi connectivity index (χ0n) is 17.4. The van der Waals surface area contributed by atoms with Gasteiger partial charge in [0.25, 0.3) is 0 Å². The van der Waals surface area contributed by atoms with E-state index in [1.807, 2.05) is 0 Å². The van der Waals surface area contributed by atoms with Crippen LogP contribution in [0.1, 0.15) is 0 Å². The number of hydrogen-bond acceptors (Lipinski definition) is 8. The Labute approximate surface area is 211 Å². The molecule has 0 aromatic heterocycles. The molecular formula is C20H34O4S4Se2. The van der Waals surface area contributed by atoms with Gasteiger partial charge in [-0.3, -0.25) is 0 Å². The van der Waals surface area contributed by atoms with E-state index < -0.39 is 0 Å². The molecular weight excluding hydrogens is 590 g/mol. The standard InChI is InChI=1S/C20H34O4S4Se2/c1(25-9-15-5-21-15)3-29-19(13-27-11-17-7-23-17)20(14-28-12-18-8-24-18)30-4-2-26-10-16-6-22-16/h15-20H,1-14H2. The fraction of sp³-hybridized carbons (Fsp3) is 1.00.